The molecule has 1 aliphatic carbocycles. The van der Waals surface area contributed by atoms with Crippen molar-refractivity contribution < 1.29 is 22.4 Å². The van der Waals surface area contributed by atoms with E-state index in [1.54, 1.807) is 0 Å². The van der Waals surface area contributed by atoms with Crippen molar-refractivity contribution in [1.29, 1.82) is 0 Å². The number of ketones is 1. The van der Waals surface area contributed by atoms with Crippen molar-refractivity contribution in [2.24, 2.45) is 0 Å². The molecule has 0 unspecified atom stereocenters. The summed E-state index contributed by atoms with van der Waals surface area (Å²) < 4.78 is 51.4. The van der Waals surface area contributed by atoms with Gasteiger partial charge < -0.3 is 0 Å². The van der Waals surface area contributed by atoms with Crippen molar-refractivity contribution in [2.45, 2.75) is 6.18 Å². The highest BCUT2D eigenvalue weighted by Gasteiger charge is 2.38. The van der Waals surface area contributed by atoms with Gasteiger partial charge in [-0.05, 0) is 12.1 Å². The van der Waals surface area contributed by atoms with Crippen LogP contribution in [0.2, 0.25) is 0 Å². The quantitative estimate of drug-likeness (QED) is 0.466. The number of alkyl halides is 3. The molecular weight excluding hydrogens is 314 g/mol. The van der Waals surface area contributed by atoms with Crippen LogP contribution in [0.15, 0.2) is 30.6 Å². The molecule has 0 N–H and O–H groups in total. The Hall–Kier alpha value is -2.90. The van der Waals surface area contributed by atoms with E-state index < -0.39 is 23.6 Å². The Balaban J connectivity index is 2.03. The zero-order valence-electron chi connectivity index (χ0n) is 11.1. The molecule has 3 aromatic rings. The van der Waals surface area contributed by atoms with E-state index in [9.17, 15) is 22.4 Å². The van der Waals surface area contributed by atoms with Gasteiger partial charge in [0.25, 0.3) is 0 Å². The van der Waals surface area contributed by atoms with E-state index in [2.05, 4.69) is 15.0 Å². The standard InChI is InChI=1S/C15H5F4N3O/c16-6-1-2-7-10(3-6)20-5-9-11(7)8-4-21-14(15(17,18)19)22-12(8)13(9)23/h1-5H. The van der Waals surface area contributed by atoms with Crippen LogP contribution in [0.1, 0.15) is 21.9 Å². The first-order valence-electron chi connectivity index (χ1n) is 6.44. The lowest BCUT2D eigenvalue weighted by Gasteiger charge is -2.07. The van der Waals surface area contributed by atoms with E-state index in [0.29, 0.717) is 16.5 Å². The lowest BCUT2D eigenvalue weighted by molar-refractivity contribution is -0.145. The molecular formula is C15H5F4N3O. The van der Waals surface area contributed by atoms with Crippen molar-refractivity contribution in [3.63, 3.8) is 0 Å². The minimum Gasteiger partial charge on any atom is -0.287 e. The van der Waals surface area contributed by atoms with E-state index >= 15 is 0 Å². The maximum atomic E-state index is 13.3. The molecule has 1 aliphatic rings. The van der Waals surface area contributed by atoms with Crippen LogP contribution in [0, 0.1) is 5.82 Å². The summed E-state index contributed by atoms with van der Waals surface area (Å²) in [5, 5.41) is 0.458. The number of aromatic nitrogens is 3. The number of carbonyl (C=O) groups is 1. The molecule has 4 nitrogen and oxygen atoms in total. The lowest BCUT2D eigenvalue weighted by Crippen LogP contribution is -2.13. The topological polar surface area (TPSA) is 55.7 Å². The van der Waals surface area contributed by atoms with Crippen molar-refractivity contribution in [1.82, 2.24) is 15.0 Å². The van der Waals surface area contributed by atoms with E-state index in [4.69, 9.17) is 0 Å². The summed E-state index contributed by atoms with van der Waals surface area (Å²) in [5.41, 5.74) is 0.679. The minimum atomic E-state index is -4.74. The van der Waals surface area contributed by atoms with E-state index in [1.807, 2.05) is 0 Å². The van der Waals surface area contributed by atoms with Crippen LogP contribution < -0.4 is 0 Å². The largest absolute Gasteiger partial charge is 0.451 e. The zero-order valence-corrected chi connectivity index (χ0v) is 11.1. The third kappa shape index (κ3) is 1.91. The summed E-state index contributed by atoms with van der Waals surface area (Å²) in [6, 6.07) is 3.80. The first kappa shape index (κ1) is 13.7. The monoisotopic (exact) mass is 319 g/mol. The molecule has 23 heavy (non-hydrogen) atoms. The summed E-state index contributed by atoms with van der Waals surface area (Å²) in [4.78, 5) is 22.9. The molecule has 2 heterocycles. The first-order chi connectivity index (χ1) is 10.9. The van der Waals surface area contributed by atoms with Gasteiger partial charge >= 0.3 is 6.18 Å². The number of carbonyl (C=O) groups excluding carboxylic acids is 1. The number of hydrogen-bond acceptors (Lipinski definition) is 4. The highest BCUT2D eigenvalue weighted by atomic mass is 19.4. The summed E-state index contributed by atoms with van der Waals surface area (Å²) in [5.74, 6) is -2.53. The summed E-state index contributed by atoms with van der Waals surface area (Å²) >= 11 is 0. The molecule has 0 radical (unpaired) electrons. The van der Waals surface area contributed by atoms with Crippen LogP contribution in [0.4, 0.5) is 17.6 Å². The van der Waals surface area contributed by atoms with Crippen LogP contribution in [-0.4, -0.2) is 20.7 Å². The Kier molecular flexibility index (Phi) is 2.58. The predicted molar refractivity (Wildman–Crippen MR) is 71.2 cm³/mol. The van der Waals surface area contributed by atoms with Gasteiger partial charge in [0.1, 0.15) is 11.5 Å². The molecule has 4 rings (SSSR count). The molecule has 8 heteroatoms. The van der Waals surface area contributed by atoms with Gasteiger partial charge in [0, 0.05) is 35.0 Å². The molecule has 0 amide bonds. The van der Waals surface area contributed by atoms with Crippen LogP contribution in [-0.2, 0) is 6.18 Å². The number of benzene rings is 1. The Labute approximate surface area is 125 Å². The first-order valence-corrected chi connectivity index (χ1v) is 6.44. The molecule has 0 bridgehead atoms. The maximum Gasteiger partial charge on any atom is 0.451 e. The molecule has 0 saturated carbocycles. The van der Waals surface area contributed by atoms with Crippen molar-refractivity contribution >= 4 is 16.7 Å². The van der Waals surface area contributed by atoms with E-state index in [-0.39, 0.29) is 16.8 Å². The molecule has 0 aliphatic heterocycles. The fraction of sp³-hybridized carbons (Fsp3) is 0.0667. The Bertz CT molecular complexity index is 998. The normalized spacial score (nSPS) is 13.3. The second-order valence-electron chi connectivity index (χ2n) is 4.99. The maximum absolute atomic E-state index is 13.3. The van der Waals surface area contributed by atoms with Crippen LogP contribution in [0.25, 0.3) is 22.0 Å². The SMILES string of the molecule is O=C1c2cnc3cc(F)ccc3c2-c2cnc(C(F)(F)F)nc21. The fourth-order valence-corrected chi connectivity index (χ4v) is 2.63. The van der Waals surface area contributed by atoms with Gasteiger partial charge in [-0.25, -0.2) is 14.4 Å². The molecule has 114 valence electrons. The molecule has 0 fully saturated rings. The Morgan fingerprint density at radius 2 is 1.74 bits per heavy atom. The van der Waals surface area contributed by atoms with Gasteiger partial charge in [0.05, 0.1) is 11.1 Å². The van der Waals surface area contributed by atoms with Gasteiger partial charge in [0.2, 0.25) is 11.6 Å². The number of hydrogen-bond donors (Lipinski definition) is 0. The molecule has 1 aromatic carbocycles. The second-order valence-corrected chi connectivity index (χ2v) is 4.99. The fourth-order valence-electron chi connectivity index (χ4n) is 2.63. The van der Waals surface area contributed by atoms with Gasteiger partial charge in [-0.2, -0.15) is 13.2 Å². The van der Waals surface area contributed by atoms with E-state index in [1.165, 1.54) is 24.4 Å². The highest BCUT2D eigenvalue weighted by molar-refractivity contribution is 6.24. The number of pyridine rings is 1. The number of halogens is 4. The van der Waals surface area contributed by atoms with Crippen LogP contribution in [0.5, 0.6) is 0 Å². The summed E-state index contributed by atoms with van der Waals surface area (Å²) in [6.07, 6.45) is -2.56. The smallest absolute Gasteiger partial charge is 0.287 e. The lowest BCUT2D eigenvalue weighted by atomic mass is 10.0. The summed E-state index contributed by atoms with van der Waals surface area (Å²) in [6.45, 7) is 0. The number of rotatable bonds is 0. The van der Waals surface area contributed by atoms with Gasteiger partial charge in [-0.1, -0.05) is 0 Å². The summed E-state index contributed by atoms with van der Waals surface area (Å²) in [7, 11) is 0. The number of fused-ring (bicyclic) bond motifs is 5. The molecule has 2 aromatic heterocycles. The third-order valence-electron chi connectivity index (χ3n) is 3.60. The Morgan fingerprint density at radius 1 is 1.00 bits per heavy atom. The van der Waals surface area contributed by atoms with Crippen LogP contribution >= 0.6 is 0 Å². The van der Waals surface area contributed by atoms with Crippen molar-refractivity contribution in [3.8, 4) is 11.1 Å². The molecule has 0 atom stereocenters. The molecule has 0 spiro atoms. The molecule has 0 saturated heterocycles. The van der Waals surface area contributed by atoms with Crippen molar-refractivity contribution in [3.05, 3.63) is 53.5 Å². The van der Waals surface area contributed by atoms with Gasteiger partial charge in [-0.15, -0.1) is 0 Å². The third-order valence-corrected chi connectivity index (χ3v) is 3.60. The van der Waals surface area contributed by atoms with Gasteiger partial charge in [-0.3, -0.25) is 9.78 Å². The zero-order chi connectivity index (χ0) is 16.4. The van der Waals surface area contributed by atoms with Gasteiger partial charge in [0.15, 0.2) is 0 Å². The average molecular weight is 319 g/mol. The average Bonchev–Trinajstić information content (AvgIpc) is 2.79. The van der Waals surface area contributed by atoms with Crippen molar-refractivity contribution in [2.75, 3.05) is 0 Å². The van der Waals surface area contributed by atoms with E-state index in [0.717, 1.165) is 6.20 Å². The second kappa shape index (κ2) is 4.31. The minimum absolute atomic E-state index is 0.132. The highest BCUT2D eigenvalue weighted by Crippen LogP contribution is 2.40. The Morgan fingerprint density at radius 3 is 2.48 bits per heavy atom. The van der Waals surface area contributed by atoms with Crippen LogP contribution in [0.3, 0.4) is 0 Å². The predicted octanol–water partition coefficient (Wildman–Crippen LogP) is 3.39. The number of nitrogens with zero attached hydrogens (tertiary/aromatic N) is 3.